The summed E-state index contributed by atoms with van der Waals surface area (Å²) in [5.74, 6) is 0. The van der Waals surface area contributed by atoms with Gasteiger partial charge in [-0.2, -0.15) is 0 Å². The fourth-order valence-electron chi connectivity index (χ4n) is 2.44. The first-order valence-electron chi connectivity index (χ1n) is 6.70. The summed E-state index contributed by atoms with van der Waals surface area (Å²) < 4.78 is 0. The third kappa shape index (κ3) is 2.22. The molecule has 0 spiro atoms. The Kier molecular flexibility index (Phi) is 2.73. The van der Waals surface area contributed by atoms with Crippen molar-refractivity contribution in [2.45, 2.75) is 32.1 Å². The maximum Gasteiger partial charge on any atom is 0.178 e. The number of fused-ring (bicyclic) bond motifs is 1. The summed E-state index contributed by atoms with van der Waals surface area (Å²) in [7, 11) is 0. The molecule has 6 heteroatoms. The van der Waals surface area contributed by atoms with Gasteiger partial charge in [-0.05, 0) is 45.0 Å². The maximum absolute atomic E-state index is 10.1. The third-order valence-corrected chi connectivity index (χ3v) is 3.50. The highest BCUT2D eigenvalue weighted by Crippen LogP contribution is 2.38. The van der Waals surface area contributed by atoms with Crippen LogP contribution in [-0.4, -0.2) is 20.2 Å². The van der Waals surface area contributed by atoms with Crippen LogP contribution in [0.15, 0.2) is 24.3 Å². The first kappa shape index (κ1) is 13.8. The second-order valence-corrected chi connectivity index (χ2v) is 5.98. The summed E-state index contributed by atoms with van der Waals surface area (Å²) in [6.07, 6.45) is 0. The fraction of sp³-hybridized carbons (Fsp3) is 0.333. The predicted octanol–water partition coefficient (Wildman–Crippen LogP) is 1.54. The summed E-state index contributed by atoms with van der Waals surface area (Å²) in [5.41, 5.74) is 7.09. The molecule has 0 saturated heterocycles. The summed E-state index contributed by atoms with van der Waals surface area (Å²) in [4.78, 5) is 8.85. The summed E-state index contributed by atoms with van der Waals surface area (Å²) in [6, 6.07) is 7.11. The smallest absolute Gasteiger partial charge is 0.178 e. The van der Waals surface area contributed by atoms with Crippen molar-refractivity contribution in [1.82, 2.24) is 9.97 Å². The number of rotatable bonds is 2. The van der Waals surface area contributed by atoms with Crippen LogP contribution in [0.2, 0.25) is 0 Å². The molecule has 1 unspecified atom stereocenters. The second-order valence-electron chi connectivity index (χ2n) is 5.98. The van der Waals surface area contributed by atoms with E-state index in [1.54, 1.807) is 32.9 Å². The molecule has 0 radical (unpaired) electrons. The number of hydrogen-bond acceptors (Lipinski definition) is 6. The first-order chi connectivity index (χ1) is 9.68. The number of anilines is 2. The Morgan fingerprint density at radius 2 is 1.76 bits per heavy atom. The first-order valence-corrected chi connectivity index (χ1v) is 6.70. The lowest BCUT2D eigenvalue weighted by molar-refractivity contribution is 0.0678. The molecule has 0 amide bonds. The van der Waals surface area contributed by atoms with Gasteiger partial charge in [0, 0.05) is 0 Å². The third-order valence-electron chi connectivity index (χ3n) is 3.50. The van der Waals surface area contributed by atoms with Gasteiger partial charge in [0.1, 0.15) is 11.3 Å². The Morgan fingerprint density at radius 1 is 1.14 bits per heavy atom. The molecule has 0 fully saturated rings. The number of nitrogens with zero attached hydrogens (tertiary/aromatic N) is 2. The Labute approximate surface area is 122 Å². The van der Waals surface area contributed by atoms with Gasteiger partial charge in [0.2, 0.25) is 0 Å². The zero-order chi connectivity index (χ0) is 15.4. The van der Waals surface area contributed by atoms with Gasteiger partial charge >= 0.3 is 0 Å². The van der Waals surface area contributed by atoms with Gasteiger partial charge in [-0.25, -0.2) is 9.97 Å². The van der Waals surface area contributed by atoms with Gasteiger partial charge in [-0.1, -0.05) is 0 Å². The van der Waals surface area contributed by atoms with Crippen molar-refractivity contribution in [3.05, 3.63) is 35.7 Å². The van der Waals surface area contributed by atoms with Gasteiger partial charge < -0.3 is 21.3 Å². The van der Waals surface area contributed by atoms with Crippen molar-refractivity contribution < 1.29 is 10.2 Å². The molecule has 1 aliphatic heterocycles. The molecule has 110 valence electrons. The minimum Gasteiger partial charge on any atom is -0.397 e. The van der Waals surface area contributed by atoms with Gasteiger partial charge in [0.25, 0.3) is 0 Å². The van der Waals surface area contributed by atoms with Crippen LogP contribution < -0.4 is 11.1 Å². The standard InChI is InChI=1S/C15H18N4O2/c1-14(2,20)12-8(16)4-5-9(17-12)10-6-7-11-13(18-10)15(3,21)19-11/h4-7,19-21H,16H2,1-3H3. The number of aromatic nitrogens is 2. The molecule has 0 saturated carbocycles. The van der Waals surface area contributed by atoms with Crippen LogP contribution >= 0.6 is 0 Å². The molecule has 6 nitrogen and oxygen atoms in total. The number of aliphatic hydroxyl groups is 2. The Morgan fingerprint density at radius 3 is 2.38 bits per heavy atom. The largest absolute Gasteiger partial charge is 0.397 e. The van der Waals surface area contributed by atoms with E-state index in [0.717, 1.165) is 5.69 Å². The highest BCUT2D eigenvalue weighted by Gasteiger charge is 2.37. The van der Waals surface area contributed by atoms with Crippen LogP contribution in [0.25, 0.3) is 11.4 Å². The summed E-state index contributed by atoms with van der Waals surface area (Å²) in [6.45, 7) is 4.91. The monoisotopic (exact) mass is 286 g/mol. The molecule has 2 aromatic rings. The fourth-order valence-corrected chi connectivity index (χ4v) is 2.44. The lowest BCUT2D eigenvalue weighted by atomic mass is 9.99. The highest BCUT2D eigenvalue weighted by molar-refractivity contribution is 5.68. The number of hydrogen-bond donors (Lipinski definition) is 4. The topological polar surface area (TPSA) is 104 Å². The van der Waals surface area contributed by atoms with E-state index in [2.05, 4.69) is 15.3 Å². The predicted molar refractivity (Wildman–Crippen MR) is 80.3 cm³/mol. The molecule has 2 aromatic heterocycles. The van der Waals surface area contributed by atoms with Gasteiger partial charge in [-0.15, -0.1) is 0 Å². The second kappa shape index (κ2) is 4.16. The Bertz CT molecular complexity index is 720. The van der Waals surface area contributed by atoms with E-state index in [1.807, 2.05) is 12.1 Å². The van der Waals surface area contributed by atoms with Gasteiger partial charge in [-0.3, -0.25) is 0 Å². The number of nitrogens with one attached hydrogen (secondary N) is 1. The lowest BCUT2D eigenvalue weighted by Gasteiger charge is -2.37. The van der Waals surface area contributed by atoms with Crippen molar-refractivity contribution in [1.29, 1.82) is 0 Å². The number of nitrogens with two attached hydrogens (primary N) is 1. The summed E-state index contributed by atoms with van der Waals surface area (Å²) >= 11 is 0. The van der Waals surface area contributed by atoms with Crippen molar-refractivity contribution in [2.75, 3.05) is 11.1 Å². The van der Waals surface area contributed by atoms with E-state index in [1.165, 1.54) is 0 Å². The normalized spacial score (nSPS) is 20.4. The van der Waals surface area contributed by atoms with Crippen LogP contribution in [-0.2, 0) is 11.3 Å². The molecule has 3 rings (SSSR count). The maximum atomic E-state index is 10.1. The average Bonchev–Trinajstić information content (AvgIpc) is 2.37. The lowest BCUT2D eigenvalue weighted by Crippen LogP contribution is -2.42. The van der Waals surface area contributed by atoms with Crippen molar-refractivity contribution in [3.8, 4) is 11.4 Å². The zero-order valence-electron chi connectivity index (χ0n) is 12.2. The van der Waals surface area contributed by atoms with Crippen molar-refractivity contribution >= 4 is 11.4 Å². The molecule has 3 heterocycles. The quantitative estimate of drug-likeness (QED) is 0.667. The molecule has 5 N–H and O–H groups in total. The molecular weight excluding hydrogens is 268 g/mol. The molecule has 1 atom stereocenters. The van der Waals surface area contributed by atoms with Crippen LogP contribution in [0.4, 0.5) is 11.4 Å². The minimum absolute atomic E-state index is 0.411. The molecule has 0 aromatic carbocycles. The Hall–Kier alpha value is -2.18. The Balaban J connectivity index is 2.08. The highest BCUT2D eigenvalue weighted by atomic mass is 16.3. The van der Waals surface area contributed by atoms with Crippen LogP contribution in [0, 0.1) is 0 Å². The minimum atomic E-state index is -1.13. The molecule has 0 bridgehead atoms. The molecule has 1 aliphatic rings. The number of pyridine rings is 2. The molecular formula is C15H18N4O2. The van der Waals surface area contributed by atoms with Crippen LogP contribution in [0.3, 0.4) is 0 Å². The molecule has 21 heavy (non-hydrogen) atoms. The number of nitrogen functional groups attached to an aromatic ring is 1. The summed E-state index contributed by atoms with van der Waals surface area (Å²) in [5, 5.41) is 23.0. The van der Waals surface area contributed by atoms with E-state index >= 15 is 0 Å². The van der Waals surface area contributed by atoms with E-state index in [0.29, 0.717) is 28.5 Å². The van der Waals surface area contributed by atoms with Crippen LogP contribution in [0.5, 0.6) is 0 Å². The van der Waals surface area contributed by atoms with Gasteiger partial charge in [0.15, 0.2) is 5.72 Å². The SMILES string of the molecule is CC(C)(O)c1nc(-c2ccc3c(n2)C(C)(O)N3)ccc1N. The zero-order valence-corrected chi connectivity index (χ0v) is 12.2. The van der Waals surface area contributed by atoms with E-state index in [-0.39, 0.29) is 0 Å². The van der Waals surface area contributed by atoms with Crippen LogP contribution in [0.1, 0.15) is 32.2 Å². The van der Waals surface area contributed by atoms with Crippen molar-refractivity contribution in [3.63, 3.8) is 0 Å². The van der Waals surface area contributed by atoms with Gasteiger partial charge in [0.05, 0.1) is 28.5 Å². The average molecular weight is 286 g/mol. The van der Waals surface area contributed by atoms with E-state index in [4.69, 9.17) is 5.73 Å². The van der Waals surface area contributed by atoms with E-state index in [9.17, 15) is 10.2 Å². The molecule has 0 aliphatic carbocycles. The van der Waals surface area contributed by atoms with Crippen molar-refractivity contribution in [2.24, 2.45) is 0 Å². The van der Waals surface area contributed by atoms with E-state index < -0.39 is 11.3 Å².